The zero-order valence-corrected chi connectivity index (χ0v) is 20.8. The van der Waals surface area contributed by atoms with Gasteiger partial charge < -0.3 is 14.7 Å². The highest BCUT2D eigenvalue weighted by Crippen LogP contribution is 2.32. The van der Waals surface area contributed by atoms with Crippen molar-refractivity contribution >= 4 is 11.9 Å². The monoisotopic (exact) mass is 487 g/mol. The van der Waals surface area contributed by atoms with Crippen LogP contribution in [0.5, 0.6) is 5.75 Å². The Bertz CT molecular complexity index is 1240. The van der Waals surface area contributed by atoms with Crippen LogP contribution in [-0.2, 0) is 17.7 Å². The van der Waals surface area contributed by atoms with Crippen LogP contribution in [0.3, 0.4) is 0 Å². The summed E-state index contributed by atoms with van der Waals surface area (Å²) in [5, 5.41) is 8.78. The lowest BCUT2D eigenvalue weighted by Crippen LogP contribution is -2.32. The van der Waals surface area contributed by atoms with Gasteiger partial charge in [0.1, 0.15) is 5.75 Å². The zero-order chi connectivity index (χ0) is 27.1. The second kappa shape index (κ2) is 12.4. The molecule has 0 aliphatic heterocycles. The van der Waals surface area contributed by atoms with Crippen LogP contribution in [0, 0.1) is 0 Å². The van der Waals surface area contributed by atoms with E-state index >= 15 is 0 Å². The Balaban J connectivity index is 1.50. The van der Waals surface area contributed by atoms with Crippen molar-refractivity contribution in [2.24, 2.45) is 0 Å². The smallest absolute Gasteiger partial charge is 0.303 e. The molecule has 5 heteroatoms. The topological polar surface area (TPSA) is 66.8 Å². The van der Waals surface area contributed by atoms with E-state index in [0.29, 0.717) is 42.7 Å². The van der Waals surface area contributed by atoms with Crippen LogP contribution in [0.4, 0.5) is 0 Å². The Hall–Kier alpha value is -3.60. The molecule has 0 heterocycles. The quantitative estimate of drug-likeness (QED) is 0.271. The molecule has 0 spiro atoms. The number of carbonyl (C=O) groups excluding carboxylic acids is 1. The second-order valence-electron chi connectivity index (χ2n) is 9.19. The molecule has 1 N–H and O–H groups in total. The minimum Gasteiger partial charge on any atom is -0.493 e. The molecule has 1 aliphatic rings. The third kappa shape index (κ3) is 6.97. The van der Waals surface area contributed by atoms with Crippen molar-refractivity contribution in [3.63, 3.8) is 0 Å². The Kier molecular flexibility index (Phi) is 7.86. The summed E-state index contributed by atoms with van der Waals surface area (Å²) in [6.07, 6.45) is 4.60. The van der Waals surface area contributed by atoms with E-state index in [1.54, 1.807) is 36.4 Å². The highest BCUT2D eigenvalue weighted by atomic mass is 16.5. The molecule has 36 heavy (non-hydrogen) atoms. The van der Waals surface area contributed by atoms with E-state index < -0.39 is 12.5 Å². The van der Waals surface area contributed by atoms with Crippen molar-refractivity contribution in [2.75, 3.05) is 6.61 Å². The number of unbranched alkanes of at least 4 members (excludes halogenated alkanes) is 2. The zero-order valence-electron chi connectivity index (χ0n) is 22.8. The number of ether oxygens (including phenoxy) is 1. The SMILES string of the molecule is [2H]C([2H])(c1ccccc1OCCCCCC(=O)O)N(C(=O)c1ccc(-c2ccc(CC)cc2)cc1)C1CC1. The fraction of sp³-hybridized carbons (Fsp3) is 0.355. The summed E-state index contributed by atoms with van der Waals surface area (Å²) in [6, 6.07) is 22.5. The van der Waals surface area contributed by atoms with Gasteiger partial charge in [-0.25, -0.2) is 0 Å². The van der Waals surface area contributed by atoms with Crippen LogP contribution in [-0.4, -0.2) is 34.5 Å². The third-order valence-corrected chi connectivity index (χ3v) is 6.38. The van der Waals surface area contributed by atoms with Gasteiger partial charge >= 0.3 is 5.97 Å². The third-order valence-electron chi connectivity index (χ3n) is 6.38. The fourth-order valence-corrected chi connectivity index (χ4v) is 4.07. The first-order valence-corrected chi connectivity index (χ1v) is 12.8. The number of nitrogens with zero attached hydrogens (tertiary/aromatic N) is 1. The summed E-state index contributed by atoms with van der Waals surface area (Å²) < 4.78 is 24.0. The molecule has 3 aromatic carbocycles. The van der Waals surface area contributed by atoms with Crippen LogP contribution in [0.1, 0.15) is 69.7 Å². The van der Waals surface area contributed by atoms with Gasteiger partial charge in [-0.15, -0.1) is 0 Å². The first-order valence-electron chi connectivity index (χ1n) is 13.8. The van der Waals surface area contributed by atoms with E-state index in [2.05, 4.69) is 31.2 Å². The van der Waals surface area contributed by atoms with Crippen molar-refractivity contribution < 1.29 is 22.2 Å². The van der Waals surface area contributed by atoms with E-state index in [-0.39, 0.29) is 18.4 Å². The standard InChI is InChI=1S/C31H35NO4/c1-2-23-11-13-24(14-12-23)25-15-17-26(18-16-25)31(35)32(28-19-20-28)22-27-8-5-6-9-29(27)36-21-7-3-4-10-30(33)34/h5-6,8-9,11-18,28H,2-4,7,10,19-22H2,1H3,(H,33,34)/i22D2. The first-order chi connectivity index (χ1) is 18.3. The maximum atomic E-state index is 13.7. The number of hydrogen-bond donors (Lipinski definition) is 1. The van der Waals surface area contributed by atoms with Gasteiger partial charge in [-0.1, -0.05) is 61.5 Å². The average molecular weight is 488 g/mol. The summed E-state index contributed by atoms with van der Waals surface area (Å²) in [6.45, 7) is 0.410. The predicted octanol–water partition coefficient (Wildman–Crippen LogP) is 6.74. The molecule has 1 amide bonds. The molecule has 5 nitrogen and oxygen atoms in total. The van der Waals surface area contributed by atoms with Crippen LogP contribution < -0.4 is 4.74 Å². The van der Waals surface area contributed by atoms with E-state index in [9.17, 15) is 9.59 Å². The van der Waals surface area contributed by atoms with Gasteiger partial charge in [0.2, 0.25) is 0 Å². The average Bonchev–Trinajstić information content (AvgIpc) is 3.75. The molecule has 0 atom stereocenters. The van der Waals surface area contributed by atoms with Gasteiger partial charge in [0.05, 0.1) is 9.35 Å². The summed E-state index contributed by atoms with van der Waals surface area (Å²) in [5.41, 5.74) is 4.12. The number of para-hydroxylation sites is 1. The van der Waals surface area contributed by atoms with Gasteiger partial charge in [-0.2, -0.15) is 0 Å². The van der Waals surface area contributed by atoms with Gasteiger partial charge in [0.15, 0.2) is 0 Å². The van der Waals surface area contributed by atoms with Crippen LogP contribution in [0.15, 0.2) is 72.8 Å². The number of hydrogen-bond acceptors (Lipinski definition) is 3. The van der Waals surface area contributed by atoms with E-state index in [0.717, 1.165) is 30.4 Å². The number of rotatable bonds is 13. The van der Waals surface area contributed by atoms with Crippen molar-refractivity contribution in [1.82, 2.24) is 4.90 Å². The molecule has 3 aromatic rings. The first kappa shape index (κ1) is 22.8. The number of aryl methyl sites for hydroxylation is 1. The van der Waals surface area contributed by atoms with Gasteiger partial charge in [-0.05, 0) is 73.4 Å². The van der Waals surface area contributed by atoms with Crippen molar-refractivity contribution in [3.05, 3.63) is 89.5 Å². The van der Waals surface area contributed by atoms with Crippen LogP contribution in [0.25, 0.3) is 11.1 Å². The number of carbonyl (C=O) groups is 2. The van der Waals surface area contributed by atoms with Crippen molar-refractivity contribution in [3.8, 4) is 16.9 Å². The molecular weight excluding hydrogens is 450 g/mol. The predicted molar refractivity (Wildman–Crippen MR) is 142 cm³/mol. The van der Waals surface area contributed by atoms with Gasteiger partial charge in [0, 0.05) is 30.1 Å². The number of carboxylic acid groups (broad SMARTS) is 1. The van der Waals surface area contributed by atoms with Crippen LogP contribution in [0.2, 0.25) is 0 Å². The molecule has 0 aromatic heterocycles. The van der Waals surface area contributed by atoms with Crippen LogP contribution >= 0.6 is 0 Å². The minimum atomic E-state index is -2.06. The normalized spacial score (nSPS) is 14.0. The minimum absolute atomic E-state index is 0.129. The van der Waals surface area contributed by atoms with E-state index in [1.807, 2.05) is 12.1 Å². The maximum Gasteiger partial charge on any atom is 0.303 e. The van der Waals surface area contributed by atoms with E-state index in [1.165, 1.54) is 10.5 Å². The summed E-state index contributed by atoms with van der Waals surface area (Å²) in [7, 11) is 0. The molecule has 4 rings (SSSR count). The molecule has 0 unspecified atom stereocenters. The Labute approximate surface area is 216 Å². The molecule has 1 saturated carbocycles. The molecule has 0 saturated heterocycles. The van der Waals surface area contributed by atoms with Crippen molar-refractivity contribution in [2.45, 2.75) is 64.4 Å². The van der Waals surface area contributed by atoms with Crippen molar-refractivity contribution in [1.29, 1.82) is 0 Å². The number of carboxylic acids is 1. The Morgan fingerprint density at radius 1 is 0.944 bits per heavy atom. The lowest BCUT2D eigenvalue weighted by atomic mass is 10.0. The lowest BCUT2D eigenvalue weighted by Gasteiger charge is -2.24. The molecule has 188 valence electrons. The lowest BCUT2D eigenvalue weighted by molar-refractivity contribution is -0.137. The number of benzene rings is 3. The second-order valence-corrected chi connectivity index (χ2v) is 9.19. The van der Waals surface area contributed by atoms with Gasteiger partial charge in [-0.3, -0.25) is 9.59 Å². The number of aliphatic carboxylic acids is 1. The molecule has 1 aliphatic carbocycles. The molecule has 0 radical (unpaired) electrons. The van der Waals surface area contributed by atoms with Gasteiger partial charge in [0.25, 0.3) is 5.91 Å². The molecule has 0 bridgehead atoms. The maximum absolute atomic E-state index is 13.7. The Morgan fingerprint density at radius 2 is 1.61 bits per heavy atom. The van der Waals surface area contributed by atoms with E-state index in [4.69, 9.17) is 12.6 Å². The molecule has 1 fully saturated rings. The fourth-order valence-electron chi connectivity index (χ4n) is 4.07. The number of amides is 1. The highest BCUT2D eigenvalue weighted by molar-refractivity contribution is 5.95. The summed E-state index contributed by atoms with van der Waals surface area (Å²) in [5.74, 6) is -0.747. The summed E-state index contributed by atoms with van der Waals surface area (Å²) in [4.78, 5) is 25.7. The summed E-state index contributed by atoms with van der Waals surface area (Å²) >= 11 is 0. The largest absolute Gasteiger partial charge is 0.493 e. The Morgan fingerprint density at radius 3 is 2.25 bits per heavy atom. The highest BCUT2D eigenvalue weighted by Gasteiger charge is 2.33. The molecular formula is C31H35NO4.